The van der Waals surface area contributed by atoms with E-state index in [-0.39, 0.29) is 57.6 Å². The molecule has 1 aliphatic heterocycles. The lowest BCUT2D eigenvalue weighted by atomic mass is 9.87. The van der Waals surface area contributed by atoms with Crippen molar-refractivity contribution in [2.75, 3.05) is 13.2 Å². The summed E-state index contributed by atoms with van der Waals surface area (Å²) in [4.78, 5) is 24.4. The smallest absolute Gasteiger partial charge is 0.335 e. The van der Waals surface area contributed by atoms with Crippen molar-refractivity contribution < 1.29 is 36.9 Å². The molecule has 4 heterocycles. The van der Waals surface area contributed by atoms with Crippen LogP contribution in [0.25, 0.3) is 22.3 Å². The highest BCUT2D eigenvalue weighted by Crippen LogP contribution is 2.41. The zero-order chi connectivity index (χ0) is 32.1. The Hall–Kier alpha value is -4.36. The van der Waals surface area contributed by atoms with Crippen LogP contribution in [-0.2, 0) is 23.7 Å². The van der Waals surface area contributed by atoms with Crippen LogP contribution in [0.1, 0.15) is 58.4 Å². The first-order valence-corrected chi connectivity index (χ1v) is 14.8. The number of imidazole rings is 1. The Bertz CT molecular complexity index is 1920. The normalized spacial score (nSPS) is 16.4. The fourth-order valence-electron chi connectivity index (χ4n) is 5.38. The summed E-state index contributed by atoms with van der Waals surface area (Å²) < 4.78 is 71.5. The Kier molecular flexibility index (Phi) is 7.86. The second-order valence-corrected chi connectivity index (χ2v) is 12.8. The third-order valence-corrected chi connectivity index (χ3v) is 8.93. The number of pyridine rings is 1. The fraction of sp³-hybridized carbons (Fsp3) is 0.312. The highest BCUT2D eigenvalue weighted by Gasteiger charge is 2.39. The van der Waals surface area contributed by atoms with Crippen molar-refractivity contribution in [2.45, 2.75) is 45.8 Å². The third-order valence-electron chi connectivity index (χ3n) is 7.79. The minimum absolute atomic E-state index is 0.0580. The van der Waals surface area contributed by atoms with Crippen LogP contribution in [0.5, 0.6) is 5.88 Å². The maximum Gasteiger partial charge on any atom is 0.335 e. The molecule has 2 aromatic carbocycles. The van der Waals surface area contributed by atoms with Crippen LogP contribution < -0.4 is 4.74 Å². The number of aromatic nitrogens is 4. The standard InChI is InChI=1S/C32H28F4N4O4S/c1-31(2)16-43-14-25(31)40-24-10-17(30(41)42)7-8-23(24)38-27(40)11-18-9-21(34)19(12-20(18)33)22-5-4-6-28(39-22)44-15-29-37-13-26(45-29)32(3,35)36/h4-10,12-13,25H,11,14-16H2,1-3H3,(H,41,42)/t25-/m1/s1. The average molecular weight is 641 g/mol. The molecule has 6 rings (SSSR count). The highest BCUT2D eigenvalue weighted by molar-refractivity contribution is 7.11. The molecule has 0 unspecified atom stereocenters. The second kappa shape index (κ2) is 11.5. The van der Waals surface area contributed by atoms with Gasteiger partial charge in [0.2, 0.25) is 5.88 Å². The number of hydrogen-bond acceptors (Lipinski definition) is 7. The molecule has 1 N–H and O–H groups in total. The lowest BCUT2D eigenvalue weighted by Gasteiger charge is -2.28. The summed E-state index contributed by atoms with van der Waals surface area (Å²) in [5, 5.41) is 9.89. The molecule has 3 aromatic heterocycles. The number of rotatable bonds is 9. The number of carbonyl (C=O) groups is 1. The number of hydrogen-bond donors (Lipinski definition) is 1. The molecule has 0 saturated carbocycles. The van der Waals surface area contributed by atoms with E-state index in [2.05, 4.69) is 9.97 Å². The summed E-state index contributed by atoms with van der Waals surface area (Å²) in [5.41, 5.74) is 0.964. The van der Waals surface area contributed by atoms with E-state index in [0.717, 1.165) is 36.6 Å². The van der Waals surface area contributed by atoms with Crippen LogP contribution in [0, 0.1) is 17.0 Å². The lowest BCUT2D eigenvalue weighted by Crippen LogP contribution is -2.27. The Balaban J connectivity index is 1.29. The summed E-state index contributed by atoms with van der Waals surface area (Å²) in [5.74, 6) is -4.96. The van der Waals surface area contributed by atoms with Gasteiger partial charge in [0.15, 0.2) is 0 Å². The van der Waals surface area contributed by atoms with E-state index in [0.29, 0.717) is 35.1 Å². The van der Waals surface area contributed by atoms with Gasteiger partial charge in [0.05, 0.1) is 46.4 Å². The van der Waals surface area contributed by atoms with Gasteiger partial charge >= 0.3 is 5.97 Å². The number of carboxylic acids is 1. The first-order chi connectivity index (χ1) is 21.3. The van der Waals surface area contributed by atoms with E-state index in [1.165, 1.54) is 24.3 Å². The zero-order valence-electron chi connectivity index (χ0n) is 24.5. The molecule has 0 amide bonds. The molecule has 1 saturated heterocycles. The number of carboxylic acid groups (broad SMARTS) is 1. The van der Waals surface area contributed by atoms with Crippen LogP contribution in [-0.4, -0.2) is 43.8 Å². The van der Waals surface area contributed by atoms with Gasteiger partial charge in [-0.25, -0.2) is 37.3 Å². The van der Waals surface area contributed by atoms with Crippen LogP contribution in [0.2, 0.25) is 0 Å². The Morgan fingerprint density at radius 1 is 1.16 bits per heavy atom. The molecular weight excluding hydrogens is 612 g/mol. The first kappa shape index (κ1) is 30.7. The molecule has 8 nitrogen and oxygen atoms in total. The number of nitrogens with zero attached hydrogens (tertiary/aromatic N) is 4. The molecule has 5 aromatic rings. The fourth-order valence-corrected chi connectivity index (χ4v) is 6.14. The monoisotopic (exact) mass is 640 g/mol. The van der Waals surface area contributed by atoms with E-state index in [4.69, 9.17) is 14.5 Å². The SMILES string of the molecule is CC(F)(F)c1cnc(COc2cccc(-c3cc(F)c(Cc4nc5ccc(C(=O)O)cc5n4[C@@H]4COCC4(C)C)cc3F)n2)s1. The lowest BCUT2D eigenvalue weighted by molar-refractivity contribution is 0.0213. The van der Waals surface area contributed by atoms with Crippen molar-refractivity contribution in [3.8, 4) is 17.1 Å². The number of thiazole rings is 1. The van der Waals surface area contributed by atoms with Gasteiger partial charge in [0.1, 0.15) is 29.1 Å². The Morgan fingerprint density at radius 3 is 2.64 bits per heavy atom. The predicted octanol–water partition coefficient (Wildman–Crippen LogP) is 7.41. The van der Waals surface area contributed by atoms with Gasteiger partial charge < -0.3 is 19.1 Å². The van der Waals surface area contributed by atoms with Gasteiger partial charge in [-0.2, -0.15) is 0 Å². The van der Waals surface area contributed by atoms with E-state index in [9.17, 15) is 18.7 Å². The van der Waals surface area contributed by atoms with Gasteiger partial charge in [-0.05, 0) is 42.0 Å². The topological polar surface area (TPSA) is 99.4 Å². The summed E-state index contributed by atoms with van der Waals surface area (Å²) in [7, 11) is 0. The maximum absolute atomic E-state index is 15.6. The van der Waals surface area contributed by atoms with E-state index < -0.39 is 23.5 Å². The molecular formula is C32H28F4N4O4S. The number of aromatic carboxylic acids is 1. The maximum atomic E-state index is 15.6. The summed E-state index contributed by atoms with van der Waals surface area (Å²) >= 11 is 0.815. The van der Waals surface area contributed by atoms with Gasteiger partial charge in [-0.15, -0.1) is 11.3 Å². The summed E-state index contributed by atoms with van der Waals surface area (Å²) in [6.07, 6.45) is 1.04. The van der Waals surface area contributed by atoms with Gasteiger partial charge in [0, 0.05) is 36.6 Å². The Labute approximate surface area is 259 Å². The first-order valence-electron chi connectivity index (χ1n) is 14.0. The molecule has 1 fully saturated rings. The largest absolute Gasteiger partial charge is 0.478 e. The molecule has 0 spiro atoms. The molecule has 13 heteroatoms. The van der Waals surface area contributed by atoms with Crippen molar-refractivity contribution in [3.63, 3.8) is 0 Å². The van der Waals surface area contributed by atoms with Gasteiger partial charge in [-0.3, -0.25) is 0 Å². The highest BCUT2D eigenvalue weighted by atomic mass is 32.1. The molecule has 0 radical (unpaired) electrons. The van der Waals surface area contributed by atoms with Crippen molar-refractivity contribution in [1.29, 1.82) is 0 Å². The molecule has 45 heavy (non-hydrogen) atoms. The second-order valence-electron chi connectivity index (χ2n) is 11.7. The van der Waals surface area contributed by atoms with Crippen LogP contribution >= 0.6 is 11.3 Å². The van der Waals surface area contributed by atoms with Gasteiger partial charge in [-0.1, -0.05) is 19.9 Å². The molecule has 1 aliphatic rings. The number of benzene rings is 2. The summed E-state index contributed by atoms with van der Waals surface area (Å²) in [6, 6.07) is 11.1. The van der Waals surface area contributed by atoms with Crippen molar-refractivity contribution in [1.82, 2.24) is 19.5 Å². The molecule has 0 bridgehead atoms. The Morgan fingerprint density at radius 2 is 1.96 bits per heavy atom. The molecule has 0 aliphatic carbocycles. The number of halogens is 4. The predicted molar refractivity (Wildman–Crippen MR) is 159 cm³/mol. The van der Waals surface area contributed by atoms with Crippen molar-refractivity contribution in [2.24, 2.45) is 5.41 Å². The van der Waals surface area contributed by atoms with E-state index in [1.54, 1.807) is 12.1 Å². The minimum atomic E-state index is -3.01. The number of ether oxygens (including phenoxy) is 2. The van der Waals surface area contributed by atoms with E-state index >= 15 is 8.78 Å². The minimum Gasteiger partial charge on any atom is -0.478 e. The van der Waals surface area contributed by atoms with Gasteiger partial charge in [0.25, 0.3) is 5.92 Å². The average Bonchev–Trinajstić information content (AvgIpc) is 3.69. The quantitative estimate of drug-likeness (QED) is 0.168. The van der Waals surface area contributed by atoms with Crippen molar-refractivity contribution >= 4 is 28.3 Å². The molecule has 1 atom stereocenters. The van der Waals surface area contributed by atoms with Crippen molar-refractivity contribution in [3.05, 3.63) is 93.2 Å². The molecule has 234 valence electrons. The van der Waals surface area contributed by atoms with Crippen LogP contribution in [0.4, 0.5) is 17.6 Å². The van der Waals surface area contributed by atoms with E-state index in [1.807, 2.05) is 18.4 Å². The summed E-state index contributed by atoms with van der Waals surface area (Å²) in [6.45, 7) is 5.55. The number of fused-ring (bicyclic) bond motifs is 1. The zero-order valence-corrected chi connectivity index (χ0v) is 25.3. The van der Waals surface area contributed by atoms with Crippen LogP contribution in [0.15, 0.2) is 54.7 Å². The van der Waals surface area contributed by atoms with Crippen LogP contribution in [0.3, 0.4) is 0 Å². The third kappa shape index (κ3) is 6.14. The number of alkyl halides is 2.